The van der Waals surface area contributed by atoms with Gasteiger partial charge in [-0.25, -0.2) is 4.21 Å². The molecule has 0 atom stereocenters. The molecule has 0 unspecified atom stereocenters. The summed E-state index contributed by atoms with van der Waals surface area (Å²) in [4.78, 5) is 0. The van der Waals surface area contributed by atoms with Gasteiger partial charge in [0.1, 0.15) is 0 Å². The quantitative estimate of drug-likeness (QED) is 0.319. The minimum Gasteiger partial charge on any atom is 0 e. The minimum absolute atomic E-state index is 0. The van der Waals surface area contributed by atoms with Crippen LogP contribution in [0.5, 0.6) is 0 Å². The van der Waals surface area contributed by atoms with Crippen molar-refractivity contribution in [3.05, 3.63) is 0 Å². The Bertz CT molecular complexity index is 222. The summed E-state index contributed by atoms with van der Waals surface area (Å²) in [7, 11) is 1.95. The van der Waals surface area contributed by atoms with Crippen molar-refractivity contribution in [3.8, 4) is 0 Å². The molecule has 1 rings (SSSR count). The van der Waals surface area contributed by atoms with E-state index < -0.39 is 8.54 Å². The van der Waals surface area contributed by atoms with Gasteiger partial charge in [0, 0.05) is 229 Å². The molecule has 1 fully saturated rings. The molecule has 1 aliphatic rings. The van der Waals surface area contributed by atoms with Crippen LogP contribution in [0, 0.1) is 218 Å². The van der Waals surface area contributed by atoms with Gasteiger partial charge < -0.3 is 0 Å². The molecule has 13 heteroatoms. The van der Waals surface area contributed by atoms with E-state index in [1.807, 2.05) is 0 Å². The molecular formula is C7H16BiOP2S2U7. The molecule has 0 bridgehead atoms. The molecule has 1 radical (unpaired) electrons. The molecule has 0 aromatic rings. The predicted molar refractivity (Wildman–Crippen MR) is 71.2 cm³/mol. The van der Waals surface area contributed by atoms with Crippen molar-refractivity contribution >= 4 is 60.4 Å². The molecule has 0 amide bonds. The van der Waals surface area contributed by atoms with E-state index in [9.17, 15) is 4.21 Å². The molecule has 0 aromatic carbocycles. The number of hydrogen-bond donors (Lipinski definition) is 0. The smallest absolute Gasteiger partial charge is 0 e. The monoisotopic (exact) mass is 2120 g/mol. The van der Waals surface area contributed by atoms with Gasteiger partial charge in [0.05, 0.1) is 8.54 Å². The molecule has 0 aromatic heterocycles. The zero-order valence-electron chi connectivity index (χ0n) is 11.1. The van der Waals surface area contributed by atoms with Gasteiger partial charge in [0.15, 0.2) is 0 Å². The molecule has 105 valence electrons. The van der Waals surface area contributed by atoms with Crippen molar-refractivity contribution in [3.63, 3.8) is 0 Å². The van der Waals surface area contributed by atoms with Crippen LogP contribution in [-0.4, -0.2) is 47.4 Å². The van der Waals surface area contributed by atoms with Crippen LogP contribution in [0.25, 0.3) is 0 Å². The molecule has 0 N–H and O–H groups in total. The zero-order valence-corrected chi connectivity index (χ0v) is 47.7. The van der Waals surface area contributed by atoms with E-state index >= 15 is 0 Å². The first-order valence-electron chi connectivity index (χ1n) is 4.34. The standard InChI is InChI=1S/C7H14P.Bi.HOPS2.7U.H/c1-2-5-8-6-3-4-7-8;;1-4(2)3;;;;;;;;/h1-7H2;;2H;;;;;;;;. The summed E-state index contributed by atoms with van der Waals surface area (Å²) in [5, 5.41) is 0. The molecule has 1 aliphatic heterocycles. The Morgan fingerprint density at radius 1 is 1.00 bits per heavy atom. The van der Waals surface area contributed by atoms with Gasteiger partial charge in [-0.15, -0.1) is 0 Å². The van der Waals surface area contributed by atoms with Crippen molar-refractivity contribution in [2.24, 2.45) is 0 Å². The van der Waals surface area contributed by atoms with Gasteiger partial charge in [-0.2, -0.15) is 0 Å². The maximum absolute atomic E-state index is 9.28. The third kappa shape index (κ3) is 45.8. The average molecular weight is 2120 g/mol. The Hall–Kier alpha value is 9.22. The molecule has 0 spiro atoms. The summed E-state index contributed by atoms with van der Waals surface area (Å²) in [6, 6.07) is 0. The number of hydrogen-bond acceptors (Lipinski definition) is 2. The molecule has 0 saturated carbocycles. The van der Waals surface area contributed by atoms with Crippen LogP contribution in [0.15, 0.2) is 0 Å². The second-order valence-electron chi connectivity index (χ2n) is 2.89. The Kier molecular flexibility index (Phi) is 109. The fourth-order valence-corrected chi connectivity index (χ4v) is 5.77. The van der Waals surface area contributed by atoms with Gasteiger partial charge in [0.25, 0.3) is 0 Å². The van der Waals surface area contributed by atoms with E-state index in [1.54, 1.807) is 41.9 Å². The Labute approximate surface area is 315 Å². The summed E-state index contributed by atoms with van der Waals surface area (Å²) in [6.07, 6.45) is 9.48. The fourth-order valence-electron chi connectivity index (χ4n) is 1.31. The zero-order chi connectivity index (χ0) is 10.1. The van der Waals surface area contributed by atoms with Gasteiger partial charge in [-0.1, -0.05) is 0 Å². The van der Waals surface area contributed by atoms with Crippen LogP contribution >= 0.6 is 15.9 Å². The molecule has 1 heterocycles. The Morgan fingerprint density at radius 2 is 1.30 bits per heavy atom. The van der Waals surface area contributed by atoms with Gasteiger partial charge in [-0.3, -0.25) is 0 Å². The average Bonchev–Trinajstić information content (AvgIpc) is 2.51. The first kappa shape index (κ1) is 51.7. The second-order valence-corrected chi connectivity index (χ2v) is 10.9. The summed E-state index contributed by atoms with van der Waals surface area (Å²) in [5.41, 5.74) is 0. The first-order valence-corrected chi connectivity index (χ1v) is 12.3. The summed E-state index contributed by atoms with van der Waals surface area (Å²) >= 11 is 5.44. The van der Waals surface area contributed by atoms with E-state index in [-0.39, 0.29) is 218 Å². The molecule has 1 saturated heterocycles. The van der Waals surface area contributed by atoms with Gasteiger partial charge >= 0.3 is 74.5 Å². The maximum Gasteiger partial charge on any atom is 0 e. The molecular weight excluding hydrogens is 2100 g/mol. The molecule has 0 aliphatic carbocycles. The molecule has 1 nitrogen and oxygen atoms in total. The summed E-state index contributed by atoms with van der Waals surface area (Å²) in [6.45, 7) is 0. The topological polar surface area (TPSA) is 17.1 Å². The second kappa shape index (κ2) is 42.3. The van der Waals surface area contributed by atoms with Crippen LogP contribution < -0.4 is 0 Å². The normalized spacial score (nSPS) is 10.7. The van der Waals surface area contributed by atoms with E-state index in [0.29, 0.717) is 7.92 Å². The van der Waals surface area contributed by atoms with E-state index in [2.05, 4.69) is 19.2 Å². The van der Waals surface area contributed by atoms with Crippen LogP contribution in [0.1, 0.15) is 19.3 Å². The maximum atomic E-state index is 9.28. The first-order chi connectivity index (χ1) is 6.16. The summed E-state index contributed by atoms with van der Waals surface area (Å²) in [5.74, 6) is 0. The van der Waals surface area contributed by atoms with Crippen LogP contribution in [0.3, 0.4) is 0 Å². The third-order valence-electron chi connectivity index (χ3n) is 1.85. The van der Waals surface area contributed by atoms with E-state index in [4.69, 9.17) is 0 Å². The molecule has 20 heavy (non-hydrogen) atoms. The fraction of sp³-hybridized carbons (Fsp3) is 1.00. The van der Waals surface area contributed by atoms with Crippen LogP contribution in [0.2, 0.25) is 4.13 Å². The SMILES string of the molecule is O=S(=P)=S.[BiH][CH2]CCP1CCCC1.[U].[U].[U].[U].[U].[U].[U]. The van der Waals surface area contributed by atoms with Crippen LogP contribution in [0.4, 0.5) is 0 Å². The summed E-state index contributed by atoms with van der Waals surface area (Å²) < 4.78 is 10.8. The Balaban J connectivity index is -0.0000000201. The van der Waals surface area contributed by atoms with Crippen molar-refractivity contribution < 1.29 is 222 Å². The van der Waals surface area contributed by atoms with Crippen molar-refractivity contribution in [2.75, 3.05) is 18.5 Å². The minimum atomic E-state index is -1.22. The van der Waals surface area contributed by atoms with Crippen LogP contribution in [-0.2, 0) is 19.7 Å². The van der Waals surface area contributed by atoms with E-state index in [1.165, 1.54) is 24.7 Å². The van der Waals surface area contributed by atoms with Gasteiger partial charge in [0.2, 0.25) is 0 Å². The predicted octanol–water partition coefficient (Wildman–Crippen LogP) is 2.23. The third-order valence-corrected chi connectivity index (χ3v) is 6.07. The van der Waals surface area contributed by atoms with Crippen molar-refractivity contribution in [1.29, 1.82) is 0 Å². The number of rotatable bonds is 3. The van der Waals surface area contributed by atoms with Crippen molar-refractivity contribution in [1.82, 2.24) is 0 Å². The Morgan fingerprint density at radius 3 is 1.55 bits per heavy atom. The van der Waals surface area contributed by atoms with Gasteiger partial charge in [-0.05, 0) is 8.02 Å². The largest absolute Gasteiger partial charge is 0 e. The van der Waals surface area contributed by atoms with E-state index in [0.717, 1.165) is 0 Å². The van der Waals surface area contributed by atoms with Crippen molar-refractivity contribution in [2.45, 2.75) is 23.4 Å².